The van der Waals surface area contributed by atoms with Crippen molar-refractivity contribution in [3.8, 4) is 11.5 Å². The van der Waals surface area contributed by atoms with Gasteiger partial charge in [0.2, 0.25) is 15.9 Å². The van der Waals surface area contributed by atoms with Gasteiger partial charge in [0, 0.05) is 11.6 Å². The molecule has 0 unspecified atom stereocenters. The number of halogens is 1. The first-order valence-electron chi connectivity index (χ1n) is 11.7. The molecule has 0 aliphatic rings. The predicted octanol–water partition coefficient (Wildman–Crippen LogP) is 4.04. The molecule has 0 aromatic heterocycles. The van der Waals surface area contributed by atoms with Gasteiger partial charge in [-0.1, -0.05) is 35.9 Å². The molecule has 2 amide bonds. The molecule has 0 saturated carbocycles. The Balaban J connectivity index is 1.68. The van der Waals surface area contributed by atoms with E-state index in [9.17, 15) is 18.0 Å². The first-order chi connectivity index (χ1) is 18.0. The van der Waals surface area contributed by atoms with Crippen molar-refractivity contribution in [1.82, 2.24) is 5.32 Å². The van der Waals surface area contributed by atoms with E-state index in [-0.39, 0.29) is 22.8 Å². The summed E-state index contributed by atoms with van der Waals surface area (Å²) in [5, 5.41) is 5.88. The van der Waals surface area contributed by atoms with E-state index in [0.717, 1.165) is 21.7 Å². The van der Waals surface area contributed by atoms with Crippen molar-refractivity contribution in [2.45, 2.75) is 13.3 Å². The highest BCUT2D eigenvalue weighted by atomic mass is 35.5. The summed E-state index contributed by atoms with van der Waals surface area (Å²) in [6.07, 6.45) is 1.55. The summed E-state index contributed by atoms with van der Waals surface area (Å²) in [5.74, 6) is 0.217. The summed E-state index contributed by atoms with van der Waals surface area (Å²) in [5.41, 5.74) is 2.49. The lowest BCUT2D eigenvalue weighted by Gasteiger charge is -2.22. The molecule has 0 radical (unpaired) electrons. The summed E-state index contributed by atoms with van der Waals surface area (Å²) < 4.78 is 36.4. The number of methoxy groups -OCH3 is 2. The van der Waals surface area contributed by atoms with E-state index in [1.54, 1.807) is 63.6 Å². The van der Waals surface area contributed by atoms with Crippen LogP contribution in [-0.4, -0.2) is 53.8 Å². The van der Waals surface area contributed by atoms with Crippen LogP contribution in [0.4, 0.5) is 11.4 Å². The van der Waals surface area contributed by atoms with E-state index in [1.807, 2.05) is 12.1 Å². The molecule has 0 saturated heterocycles. The normalized spacial score (nSPS) is 11.0. The fourth-order valence-electron chi connectivity index (χ4n) is 3.70. The number of hydrogen-bond donors (Lipinski definition) is 2. The predicted molar refractivity (Wildman–Crippen MR) is 149 cm³/mol. The second-order valence-electron chi connectivity index (χ2n) is 8.49. The molecule has 202 valence electrons. The van der Waals surface area contributed by atoms with Crippen molar-refractivity contribution < 1.29 is 27.5 Å². The van der Waals surface area contributed by atoms with E-state index in [4.69, 9.17) is 21.1 Å². The fourth-order valence-corrected chi connectivity index (χ4v) is 4.72. The molecule has 0 aliphatic carbocycles. The van der Waals surface area contributed by atoms with Gasteiger partial charge >= 0.3 is 0 Å². The van der Waals surface area contributed by atoms with Crippen LogP contribution < -0.4 is 24.4 Å². The molecule has 0 atom stereocenters. The zero-order valence-electron chi connectivity index (χ0n) is 21.6. The van der Waals surface area contributed by atoms with Gasteiger partial charge in [0.1, 0.15) is 6.54 Å². The number of amides is 2. The van der Waals surface area contributed by atoms with Crippen LogP contribution in [0.1, 0.15) is 21.5 Å². The number of benzene rings is 3. The molecule has 0 heterocycles. The summed E-state index contributed by atoms with van der Waals surface area (Å²) in [4.78, 5) is 25.8. The van der Waals surface area contributed by atoms with E-state index in [2.05, 4.69) is 10.6 Å². The van der Waals surface area contributed by atoms with Gasteiger partial charge in [-0.2, -0.15) is 0 Å². The minimum absolute atomic E-state index is 0.248. The average Bonchev–Trinajstić information content (AvgIpc) is 2.88. The second-order valence-corrected chi connectivity index (χ2v) is 10.8. The number of para-hydroxylation sites is 1. The maximum absolute atomic E-state index is 12.9. The molecule has 0 bridgehead atoms. The van der Waals surface area contributed by atoms with Gasteiger partial charge in [0.05, 0.1) is 37.4 Å². The van der Waals surface area contributed by atoms with Gasteiger partial charge < -0.3 is 20.1 Å². The Bertz CT molecular complexity index is 1430. The van der Waals surface area contributed by atoms with Crippen molar-refractivity contribution in [3.05, 3.63) is 82.4 Å². The van der Waals surface area contributed by atoms with Gasteiger partial charge in [0.15, 0.2) is 11.5 Å². The Morgan fingerprint density at radius 1 is 0.974 bits per heavy atom. The maximum atomic E-state index is 12.9. The lowest BCUT2D eigenvalue weighted by Crippen LogP contribution is -2.37. The molecule has 0 fully saturated rings. The molecular weight excluding hydrogens is 530 g/mol. The summed E-state index contributed by atoms with van der Waals surface area (Å²) in [6, 6.07) is 16.8. The summed E-state index contributed by atoms with van der Waals surface area (Å²) in [7, 11) is -0.676. The number of anilines is 2. The molecule has 0 aliphatic heterocycles. The Morgan fingerprint density at radius 3 is 2.34 bits per heavy atom. The molecule has 3 rings (SSSR count). The lowest BCUT2D eigenvalue weighted by atomic mass is 10.1. The monoisotopic (exact) mass is 559 g/mol. The SMILES string of the molecule is COc1ccc(CCNC(=O)c2ccccc2NC(=O)CN(c2ccc(C)c(Cl)c2)S(C)(=O)=O)cc1OC. The number of nitrogens with zero attached hydrogens (tertiary/aromatic N) is 1. The number of carbonyl (C=O) groups is 2. The quantitative estimate of drug-likeness (QED) is 0.366. The zero-order chi connectivity index (χ0) is 27.9. The van der Waals surface area contributed by atoms with Crippen LogP contribution in [0.3, 0.4) is 0 Å². The molecule has 3 aromatic rings. The Hall–Kier alpha value is -3.76. The maximum Gasteiger partial charge on any atom is 0.253 e. The molecular formula is C27H30ClN3O6S. The van der Waals surface area contributed by atoms with E-state index in [0.29, 0.717) is 29.5 Å². The summed E-state index contributed by atoms with van der Waals surface area (Å²) >= 11 is 6.16. The van der Waals surface area contributed by atoms with Crippen LogP contribution in [0.5, 0.6) is 11.5 Å². The van der Waals surface area contributed by atoms with Gasteiger partial charge in [-0.15, -0.1) is 0 Å². The Labute approximate surface area is 227 Å². The minimum atomic E-state index is -3.79. The minimum Gasteiger partial charge on any atom is -0.493 e. The molecule has 3 aromatic carbocycles. The van der Waals surface area contributed by atoms with Crippen molar-refractivity contribution in [2.75, 3.05) is 43.2 Å². The topological polar surface area (TPSA) is 114 Å². The Kier molecular flexibility index (Phi) is 9.60. The van der Waals surface area contributed by atoms with Crippen molar-refractivity contribution >= 4 is 44.8 Å². The van der Waals surface area contributed by atoms with E-state index >= 15 is 0 Å². The smallest absolute Gasteiger partial charge is 0.253 e. The second kappa shape index (κ2) is 12.7. The highest BCUT2D eigenvalue weighted by Crippen LogP contribution is 2.28. The van der Waals surface area contributed by atoms with Crippen LogP contribution in [0.15, 0.2) is 60.7 Å². The lowest BCUT2D eigenvalue weighted by molar-refractivity contribution is -0.114. The zero-order valence-corrected chi connectivity index (χ0v) is 23.2. The number of aryl methyl sites for hydroxylation is 1. The van der Waals surface area contributed by atoms with Crippen molar-refractivity contribution in [1.29, 1.82) is 0 Å². The number of ether oxygens (including phenoxy) is 2. The highest BCUT2D eigenvalue weighted by Gasteiger charge is 2.22. The number of rotatable bonds is 11. The first kappa shape index (κ1) is 28.8. The van der Waals surface area contributed by atoms with Gasteiger partial charge in [-0.05, 0) is 60.9 Å². The fraction of sp³-hybridized carbons (Fsp3) is 0.259. The number of carbonyl (C=O) groups excluding carboxylic acids is 2. The van der Waals surface area contributed by atoms with Crippen LogP contribution in [-0.2, 0) is 21.2 Å². The number of sulfonamides is 1. The summed E-state index contributed by atoms with van der Waals surface area (Å²) in [6.45, 7) is 1.64. The van der Waals surface area contributed by atoms with Crippen LogP contribution in [0.25, 0.3) is 0 Å². The third kappa shape index (κ3) is 7.39. The van der Waals surface area contributed by atoms with Gasteiger partial charge in [-0.25, -0.2) is 8.42 Å². The Morgan fingerprint density at radius 2 is 1.68 bits per heavy atom. The molecule has 2 N–H and O–H groups in total. The van der Waals surface area contributed by atoms with E-state index in [1.165, 1.54) is 6.07 Å². The average molecular weight is 560 g/mol. The van der Waals surface area contributed by atoms with Crippen molar-refractivity contribution in [3.63, 3.8) is 0 Å². The third-order valence-corrected chi connectivity index (χ3v) is 7.27. The number of hydrogen-bond acceptors (Lipinski definition) is 6. The van der Waals surface area contributed by atoms with Crippen LogP contribution in [0.2, 0.25) is 5.02 Å². The third-order valence-electron chi connectivity index (χ3n) is 5.72. The molecule has 9 nitrogen and oxygen atoms in total. The molecule has 0 spiro atoms. The highest BCUT2D eigenvalue weighted by molar-refractivity contribution is 7.92. The molecule has 38 heavy (non-hydrogen) atoms. The van der Waals surface area contributed by atoms with Gasteiger partial charge in [0.25, 0.3) is 5.91 Å². The standard InChI is InChI=1S/C27H30ClN3O6S/c1-18-9-11-20(16-22(18)28)31(38(4,34)35)17-26(32)30-23-8-6-5-7-21(23)27(33)29-14-13-19-10-12-24(36-2)25(15-19)37-3/h5-12,15-16H,13-14,17H2,1-4H3,(H,29,33)(H,30,32). The van der Waals surface area contributed by atoms with Crippen LogP contribution >= 0.6 is 11.6 Å². The van der Waals surface area contributed by atoms with Crippen LogP contribution in [0, 0.1) is 6.92 Å². The number of nitrogens with one attached hydrogen (secondary N) is 2. The first-order valence-corrected chi connectivity index (χ1v) is 13.9. The molecule has 11 heteroatoms. The largest absolute Gasteiger partial charge is 0.493 e. The van der Waals surface area contributed by atoms with E-state index < -0.39 is 22.5 Å². The van der Waals surface area contributed by atoms with Gasteiger partial charge in [-0.3, -0.25) is 13.9 Å². The van der Waals surface area contributed by atoms with Crippen molar-refractivity contribution in [2.24, 2.45) is 0 Å².